The molecule has 0 amide bonds. The van der Waals surface area contributed by atoms with Gasteiger partial charge in [-0.1, -0.05) is 26.2 Å². The molecule has 2 N–H and O–H groups in total. The van der Waals surface area contributed by atoms with E-state index in [4.69, 9.17) is 5.73 Å². The normalized spacial score (nSPS) is 13.2. The molecule has 74 valence electrons. The number of thiophene rings is 1. The Morgan fingerprint density at radius 1 is 1.38 bits per heavy atom. The van der Waals surface area contributed by atoms with Crippen LogP contribution in [0.2, 0.25) is 0 Å². The Balaban J connectivity index is 2.39. The smallest absolute Gasteiger partial charge is 0.0305 e. The molecule has 1 aromatic heterocycles. The second-order valence-electron chi connectivity index (χ2n) is 3.61. The Hall–Kier alpha value is -0.340. The van der Waals surface area contributed by atoms with Gasteiger partial charge in [0.05, 0.1) is 0 Å². The van der Waals surface area contributed by atoms with Gasteiger partial charge in [-0.3, -0.25) is 0 Å². The molecule has 0 bridgehead atoms. The molecule has 0 saturated heterocycles. The Labute approximate surface area is 85.0 Å². The third-order valence-electron chi connectivity index (χ3n) is 2.41. The molecule has 1 aromatic rings. The van der Waals surface area contributed by atoms with Gasteiger partial charge in [-0.2, -0.15) is 11.3 Å². The summed E-state index contributed by atoms with van der Waals surface area (Å²) >= 11 is 1.75. The van der Waals surface area contributed by atoms with Crippen LogP contribution in [0.3, 0.4) is 0 Å². The van der Waals surface area contributed by atoms with Crippen LogP contribution >= 0.6 is 11.3 Å². The second-order valence-corrected chi connectivity index (χ2v) is 4.36. The maximum atomic E-state index is 6.09. The van der Waals surface area contributed by atoms with E-state index in [-0.39, 0.29) is 6.04 Å². The summed E-state index contributed by atoms with van der Waals surface area (Å²) in [5, 5.41) is 4.36. The summed E-state index contributed by atoms with van der Waals surface area (Å²) in [5.74, 6) is 0. The highest BCUT2D eigenvalue weighted by molar-refractivity contribution is 7.08. The summed E-state index contributed by atoms with van der Waals surface area (Å²) in [6, 6.07) is 0.262. The molecular weight excluding hydrogens is 178 g/mol. The van der Waals surface area contributed by atoms with E-state index in [1.54, 1.807) is 11.3 Å². The van der Waals surface area contributed by atoms with Crippen LogP contribution in [0.25, 0.3) is 0 Å². The lowest BCUT2D eigenvalue weighted by Crippen LogP contribution is -2.10. The molecule has 0 aliphatic carbocycles. The zero-order chi connectivity index (χ0) is 9.68. The first-order chi connectivity index (χ1) is 6.25. The van der Waals surface area contributed by atoms with Crippen LogP contribution in [0, 0.1) is 6.92 Å². The van der Waals surface area contributed by atoms with Crippen LogP contribution in [0.1, 0.15) is 49.8 Å². The van der Waals surface area contributed by atoms with Crippen molar-refractivity contribution in [3.8, 4) is 0 Å². The van der Waals surface area contributed by atoms with E-state index in [0.717, 1.165) is 6.42 Å². The largest absolute Gasteiger partial charge is 0.324 e. The van der Waals surface area contributed by atoms with E-state index in [2.05, 4.69) is 24.6 Å². The topological polar surface area (TPSA) is 26.0 Å². The summed E-state index contributed by atoms with van der Waals surface area (Å²) < 4.78 is 0. The van der Waals surface area contributed by atoms with Gasteiger partial charge in [0.1, 0.15) is 0 Å². The fraction of sp³-hybridized carbons (Fsp3) is 0.636. The SMILES string of the molecule is CCCCCC(N)c1cscc1C. The molecule has 0 fully saturated rings. The number of nitrogens with two attached hydrogens (primary N) is 1. The van der Waals surface area contributed by atoms with Gasteiger partial charge in [-0.25, -0.2) is 0 Å². The number of hydrogen-bond acceptors (Lipinski definition) is 2. The Morgan fingerprint density at radius 3 is 2.69 bits per heavy atom. The fourth-order valence-electron chi connectivity index (χ4n) is 1.52. The van der Waals surface area contributed by atoms with Crippen LogP contribution in [0.15, 0.2) is 10.8 Å². The van der Waals surface area contributed by atoms with Crippen LogP contribution < -0.4 is 5.73 Å². The molecule has 0 spiro atoms. The Bertz CT molecular complexity index is 242. The first kappa shape index (κ1) is 10.7. The Kier molecular flexibility index (Phi) is 4.46. The number of unbranched alkanes of at least 4 members (excludes halogenated alkanes) is 2. The highest BCUT2D eigenvalue weighted by atomic mass is 32.1. The Morgan fingerprint density at radius 2 is 2.15 bits per heavy atom. The quantitative estimate of drug-likeness (QED) is 0.717. The molecule has 13 heavy (non-hydrogen) atoms. The average Bonchev–Trinajstić information content (AvgIpc) is 2.52. The summed E-state index contributed by atoms with van der Waals surface area (Å²) in [6.07, 6.45) is 4.96. The van der Waals surface area contributed by atoms with Crippen molar-refractivity contribution >= 4 is 11.3 Å². The number of aryl methyl sites for hydroxylation is 1. The van der Waals surface area contributed by atoms with E-state index in [0.29, 0.717) is 0 Å². The highest BCUT2D eigenvalue weighted by Gasteiger charge is 2.08. The van der Waals surface area contributed by atoms with Crippen molar-refractivity contribution in [1.29, 1.82) is 0 Å². The van der Waals surface area contributed by atoms with Gasteiger partial charge in [-0.15, -0.1) is 0 Å². The standard InChI is InChI=1S/C11H19NS/c1-3-4-5-6-11(12)10-8-13-7-9(10)2/h7-8,11H,3-6,12H2,1-2H3. The van der Waals surface area contributed by atoms with Crippen LogP contribution in [-0.2, 0) is 0 Å². The lowest BCUT2D eigenvalue weighted by atomic mass is 10.0. The van der Waals surface area contributed by atoms with Gasteiger partial charge in [-0.05, 0) is 35.2 Å². The number of rotatable bonds is 5. The zero-order valence-electron chi connectivity index (χ0n) is 8.55. The molecule has 1 heterocycles. The number of hydrogen-bond donors (Lipinski definition) is 1. The third kappa shape index (κ3) is 3.12. The third-order valence-corrected chi connectivity index (χ3v) is 3.29. The maximum Gasteiger partial charge on any atom is 0.0305 e. The summed E-state index contributed by atoms with van der Waals surface area (Å²) in [5.41, 5.74) is 8.79. The van der Waals surface area contributed by atoms with Gasteiger partial charge in [0.25, 0.3) is 0 Å². The van der Waals surface area contributed by atoms with Gasteiger partial charge in [0.2, 0.25) is 0 Å². The van der Waals surface area contributed by atoms with E-state index in [9.17, 15) is 0 Å². The maximum absolute atomic E-state index is 6.09. The lowest BCUT2D eigenvalue weighted by molar-refractivity contribution is 0.580. The van der Waals surface area contributed by atoms with Crippen molar-refractivity contribution in [3.63, 3.8) is 0 Å². The molecule has 1 nitrogen and oxygen atoms in total. The molecule has 0 saturated carbocycles. The van der Waals surface area contributed by atoms with Crippen molar-refractivity contribution in [3.05, 3.63) is 21.9 Å². The minimum atomic E-state index is 0.262. The highest BCUT2D eigenvalue weighted by Crippen LogP contribution is 2.23. The lowest BCUT2D eigenvalue weighted by Gasteiger charge is -2.10. The van der Waals surface area contributed by atoms with Crippen molar-refractivity contribution in [1.82, 2.24) is 0 Å². The molecule has 1 unspecified atom stereocenters. The molecule has 0 radical (unpaired) electrons. The molecule has 0 aliphatic heterocycles. The van der Waals surface area contributed by atoms with Gasteiger partial charge >= 0.3 is 0 Å². The van der Waals surface area contributed by atoms with E-state index in [1.165, 1.54) is 30.4 Å². The first-order valence-corrected chi connectivity index (χ1v) is 5.98. The molecule has 0 aromatic carbocycles. The van der Waals surface area contributed by atoms with Gasteiger partial charge in [0, 0.05) is 6.04 Å². The molecule has 1 rings (SSSR count). The predicted molar refractivity (Wildman–Crippen MR) is 60.1 cm³/mol. The molecule has 1 atom stereocenters. The molecular formula is C11H19NS. The van der Waals surface area contributed by atoms with Crippen molar-refractivity contribution in [2.24, 2.45) is 5.73 Å². The van der Waals surface area contributed by atoms with Crippen LogP contribution in [0.5, 0.6) is 0 Å². The monoisotopic (exact) mass is 197 g/mol. The predicted octanol–water partition coefficient (Wildman–Crippen LogP) is 3.64. The van der Waals surface area contributed by atoms with Crippen molar-refractivity contribution < 1.29 is 0 Å². The minimum Gasteiger partial charge on any atom is -0.324 e. The van der Waals surface area contributed by atoms with Crippen LogP contribution in [-0.4, -0.2) is 0 Å². The molecule has 0 aliphatic rings. The summed E-state index contributed by atoms with van der Waals surface area (Å²) in [6.45, 7) is 4.37. The van der Waals surface area contributed by atoms with E-state index >= 15 is 0 Å². The van der Waals surface area contributed by atoms with Crippen molar-refractivity contribution in [2.75, 3.05) is 0 Å². The zero-order valence-corrected chi connectivity index (χ0v) is 9.36. The van der Waals surface area contributed by atoms with Gasteiger partial charge in [0.15, 0.2) is 0 Å². The summed E-state index contributed by atoms with van der Waals surface area (Å²) in [7, 11) is 0. The van der Waals surface area contributed by atoms with Gasteiger partial charge < -0.3 is 5.73 Å². The summed E-state index contributed by atoms with van der Waals surface area (Å²) in [4.78, 5) is 0. The fourth-order valence-corrected chi connectivity index (χ4v) is 2.44. The molecule has 2 heteroatoms. The van der Waals surface area contributed by atoms with Crippen molar-refractivity contribution in [2.45, 2.75) is 45.6 Å². The average molecular weight is 197 g/mol. The van der Waals surface area contributed by atoms with E-state index < -0.39 is 0 Å². The van der Waals surface area contributed by atoms with E-state index in [1.807, 2.05) is 0 Å². The minimum absolute atomic E-state index is 0.262. The second kappa shape index (κ2) is 5.40. The first-order valence-electron chi connectivity index (χ1n) is 5.04. The van der Waals surface area contributed by atoms with Crippen LogP contribution in [0.4, 0.5) is 0 Å².